The second-order valence-electron chi connectivity index (χ2n) is 5.51. The number of rotatable bonds is 7. The van der Waals surface area contributed by atoms with E-state index in [4.69, 9.17) is 28.3 Å². The fourth-order valence-corrected chi connectivity index (χ4v) is 4.97. The Balaban J connectivity index is 2.93. The molecule has 0 radical (unpaired) electrons. The number of nitrogens with one attached hydrogen (secondary N) is 1. The van der Waals surface area contributed by atoms with E-state index in [1.54, 1.807) is 0 Å². The number of hydrogen-bond donors (Lipinski definition) is 2. The minimum absolute atomic E-state index is 0.0649. The number of sulfonamides is 1. The predicted molar refractivity (Wildman–Crippen MR) is 89.5 cm³/mol. The molecule has 0 saturated heterocycles. The molecule has 0 spiro atoms. The summed E-state index contributed by atoms with van der Waals surface area (Å²) in [6, 6.07) is 2.97. The molecule has 0 aliphatic heterocycles. The molecule has 2 N–H and O–H groups in total. The molecule has 120 valence electrons. The topological polar surface area (TPSA) is 66.4 Å². The van der Waals surface area contributed by atoms with Crippen LogP contribution in [0.3, 0.4) is 0 Å². The van der Waals surface area contributed by atoms with E-state index < -0.39 is 10.0 Å². The van der Waals surface area contributed by atoms with Gasteiger partial charge in [0, 0.05) is 17.6 Å². The first-order valence-electron chi connectivity index (χ1n) is 6.34. The predicted octanol–water partition coefficient (Wildman–Crippen LogP) is 3.83. The zero-order valence-electron chi connectivity index (χ0n) is 11.8. The molecule has 0 amide bonds. The monoisotopic (exact) mass is 417 g/mol. The molecule has 0 saturated carbocycles. The van der Waals surface area contributed by atoms with Crippen molar-refractivity contribution in [3.8, 4) is 0 Å². The van der Waals surface area contributed by atoms with E-state index in [0.717, 1.165) is 0 Å². The van der Waals surface area contributed by atoms with Crippen molar-refractivity contribution in [1.29, 1.82) is 0 Å². The van der Waals surface area contributed by atoms with Crippen molar-refractivity contribution in [2.75, 3.05) is 13.2 Å². The van der Waals surface area contributed by atoms with Crippen LogP contribution in [0.5, 0.6) is 0 Å². The molecule has 21 heavy (non-hydrogen) atoms. The summed E-state index contributed by atoms with van der Waals surface area (Å²) in [5.74, 6) is 0. The van der Waals surface area contributed by atoms with Gasteiger partial charge in [0.2, 0.25) is 10.0 Å². The first-order valence-corrected chi connectivity index (χ1v) is 9.37. The van der Waals surface area contributed by atoms with Gasteiger partial charge >= 0.3 is 0 Å². The third-order valence-corrected chi connectivity index (χ3v) is 5.76. The van der Waals surface area contributed by atoms with E-state index >= 15 is 0 Å². The van der Waals surface area contributed by atoms with Crippen LogP contribution in [0.25, 0.3) is 0 Å². The highest BCUT2D eigenvalue weighted by Crippen LogP contribution is 2.33. The lowest BCUT2D eigenvalue weighted by molar-refractivity contribution is 0.242. The van der Waals surface area contributed by atoms with E-state index in [1.165, 1.54) is 12.1 Å². The lowest BCUT2D eigenvalue weighted by Gasteiger charge is -2.24. The SMILES string of the molecule is CC(C)(CCCO)CNS(=O)(=O)c1c(Cl)cc(Br)cc1Cl. The largest absolute Gasteiger partial charge is 0.396 e. The second kappa shape index (κ2) is 7.62. The lowest BCUT2D eigenvalue weighted by atomic mass is 9.88. The van der Waals surface area contributed by atoms with Crippen molar-refractivity contribution < 1.29 is 13.5 Å². The van der Waals surface area contributed by atoms with Gasteiger partial charge in [0.1, 0.15) is 4.90 Å². The number of aliphatic hydroxyl groups is 1. The van der Waals surface area contributed by atoms with Crippen LogP contribution in [0.4, 0.5) is 0 Å². The summed E-state index contributed by atoms with van der Waals surface area (Å²) in [6.45, 7) is 4.17. The van der Waals surface area contributed by atoms with Gasteiger partial charge in [0.15, 0.2) is 0 Å². The van der Waals surface area contributed by atoms with Crippen LogP contribution in [0.1, 0.15) is 26.7 Å². The van der Waals surface area contributed by atoms with Gasteiger partial charge in [-0.05, 0) is 30.4 Å². The van der Waals surface area contributed by atoms with E-state index in [0.29, 0.717) is 17.3 Å². The Morgan fingerprint density at radius 3 is 2.29 bits per heavy atom. The van der Waals surface area contributed by atoms with Crippen LogP contribution in [0.15, 0.2) is 21.5 Å². The van der Waals surface area contributed by atoms with E-state index in [2.05, 4.69) is 20.7 Å². The maximum atomic E-state index is 12.4. The van der Waals surface area contributed by atoms with Crippen LogP contribution in [0, 0.1) is 5.41 Å². The van der Waals surface area contributed by atoms with Crippen molar-refractivity contribution in [3.63, 3.8) is 0 Å². The molecule has 1 aromatic carbocycles. The second-order valence-corrected chi connectivity index (χ2v) is 8.95. The third-order valence-electron chi connectivity index (χ3n) is 2.98. The Hall–Kier alpha value is 0.150. The van der Waals surface area contributed by atoms with Crippen LogP contribution >= 0.6 is 39.1 Å². The number of hydrogen-bond acceptors (Lipinski definition) is 3. The molecule has 0 atom stereocenters. The van der Waals surface area contributed by atoms with Gasteiger partial charge in [-0.1, -0.05) is 53.0 Å². The average Bonchev–Trinajstić information content (AvgIpc) is 2.33. The summed E-state index contributed by atoms with van der Waals surface area (Å²) in [5.41, 5.74) is -0.274. The highest BCUT2D eigenvalue weighted by Gasteiger charge is 2.26. The van der Waals surface area contributed by atoms with Crippen molar-refractivity contribution in [2.45, 2.75) is 31.6 Å². The smallest absolute Gasteiger partial charge is 0.243 e. The van der Waals surface area contributed by atoms with Crippen molar-refractivity contribution in [2.24, 2.45) is 5.41 Å². The van der Waals surface area contributed by atoms with Gasteiger partial charge in [-0.3, -0.25) is 0 Å². The molecular formula is C13H18BrCl2NO3S. The summed E-state index contributed by atoms with van der Waals surface area (Å²) in [5, 5.41) is 8.99. The van der Waals surface area contributed by atoms with Crippen LogP contribution in [-0.4, -0.2) is 26.7 Å². The van der Waals surface area contributed by atoms with Gasteiger partial charge in [0.25, 0.3) is 0 Å². The molecule has 0 aliphatic rings. The minimum Gasteiger partial charge on any atom is -0.396 e. The Labute approximate surface area is 144 Å². The van der Waals surface area contributed by atoms with Gasteiger partial charge in [0.05, 0.1) is 10.0 Å². The number of benzene rings is 1. The van der Waals surface area contributed by atoms with Crippen molar-refractivity contribution in [3.05, 3.63) is 26.7 Å². The molecule has 0 unspecified atom stereocenters. The molecule has 8 heteroatoms. The normalized spacial score (nSPS) is 12.7. The van der Waals surface area contributed by atoms with Crippen molar-refractivity contribution in [1.82, 2.24) is 4.72 Å². The molecule has 0 bridgehead atoms. The molecule has 1 aromatic rings. The van der Waals surface area contributed by atoms with E-state index in [9.17, 15) is 8.42 Å². The molecule has 0 aromatic heterocycles. The van der Waals surface area contributed by atoms with E-state index in [1.807, 2.05) is 13.8 Å². The summed E-state index contributed by atoms with van der Waals surface area (Å²) in [7, 11) is -3.79. The van der Waals surface area contributed by atoms with Crippen LogP contribution < -0.4 is 4.72 Å². The molecule has 0 heterocycles. The lowest BCUT2D eigenvalue weighted by Crippen LogP contribution is -2.34. The minimum atomic E-state index is -3.79. The molecule has 0 fully saturated rings. The molecule has 0 aliphatic carbocycles. The van der Waals surface area contributed by atoms with Gasteiger partial charge < -0.3 is 5.11 Å². The Kier molecular flexibility index (Phi) is 6.96. The Morgan fingerprint density at radius 2 is 1.81 bits per heavy atom. The quantitative estimate of drug-likeness (QED) is 0.706. The zero-order valence-corrected chi connectivity index (χ0v) is 15.7. The Bertz CT molecular complexity index is 582. The fourth-order valence-electron chi connectivity index (χ4n) is 1.79. The van der Waals surface area contributed by atoms with Crippen LogP contribution in [-0.2, 0) is 10.0 Å². The molecule has 1 rings (SSSR count). The van der Waals surface area contributed by atoms with E-state index in [-0.39, 0.29) is 33.5 Å². The highest BCUT2D eigenvalue weighted by atomic mass is 79.9. The standard InChI is InChI=1S/C13H18BrCl2NO3S/c1-13(2,4-3-5-18)8-17-21(19,20)12-10(15)6-9(14)7-11(12)16/h6-7,17-18H,3-5,8H2,1-2H3. The number of halogens is 3. The molecular weight excluding hydrogens is 401 g/mol. The molecule has 4 nitrogen and oxygen atoms in total. The fraction of sp³-hybridized carbons (Fsp3) is 0.538. The Morgan fingerprint density at radius 1 is 1.29 bits per heavy atom. The summed E-state index contributed by atoms with van der Waals surface area (Å²) < 4.78 is 27.9. The summed E-state index contributed by atoms with van der Waals surface area (Å²) in [4.78, 5) is -0.119. The highest BCUT2D eigenvalue weighted by molar-refractivity contribution is 9.10. The first kappa shape index (κ1) is 19.2. The average molecular weight is 419 g/mol. The van der Waals surface area contributed by atoms with Gasteiger partial charge in [-0.25, -0.2) is 13.1 Å². The maximum absolute atomic E-state index is 12.4. The zero-order chi connectivity index (χ0) is 16.3. The first-order chi connectivity index (χ1) is 9.59. The maximum Gasteiger partial charge on any atom is 0.243 e. The van der Waals surface area contributed by atoms with Gasteiger partial charge in [-0.2, -0.15) is 0 Å². The van der Waals surface area contributed by atoms with Gasteiger partial charge in [-0.15, -0.1) is 0 Å². The van der Waals surface area contributed by atoms with Crippen molar-refractivity contribution >= 4 is 49.2 Å². The third kappa shape index (κ3) is 5.69. The van der Waals surface area contributed by atoms with Crippen LogP contribution in [0.2, 0.25) is 10.0 Å². The summed E-state index contributed by atoms with van der Waals surface area (Å²) >= 11 is 15.2. The number of aliphatic hydroxyl groups excluding tert-OH is 1. The summed E-state index contributed by atoms with van der Waals surface area (Å²) in [6.07, 6.45) is 1.32.